The summed E-state index contributed by atoms with van der Waals surface area (Å²) >= 11 is 0. The van der Waals surface area contributed by atoms with Crippen LogP contribution >= 0.6 is 0 Å². The Bertz CT molecular complexity index is 1160. The number of anilines is 1. The number of nitrogens with zero attached hydrogens (tertiary/aromatic N) is 5. The number of aliphatic hydroxyl groups excluding tert-OH is 1. The van der Waals surface area contributed by atoms with Crippen molar-refractivity contribution >= 4 is 29.4 Å². The second kappa shape index (κ2) is 8.98. The van der Waals surface area contributed by atoms with Crippen molar-refractivity contribution < 1.29 is 24.3 Å². The largest absolute Gasteiger partial charge is 0.396 e. The lowest BCUT2D eigenvalue weighted by atomic mass is 9.94. The summed E-state index contributed by atoms with van der Waals surface area (Å²) in [6.07, 6.45) is 5.71. The van der Waals surface area contributed by atoms with Gasteiger partial charge in [0.25, 0.3) is 5.91 Å². The Hall–Kier alpha value is -3.60. The van der Waals surface area contributed by atoms with Gasteiger partial charge in [-0.3, -0.25) is 24.6 Å². The molecule has 0 spiro atoms. The first-order valence-electron chi connectivity index (χ1n) is 11.6. The van der Waals surface area contributed by atoms with E-state index in [2.05, 4.69) is 15.6 Å². The standard InChI is InChI=1S/C23H26N6O5/c30-12-3-1-2-5-14-13-28(26-25-14)23(34)27-11-10-17-20-15(6-4-7-16(20)27)22(33)29(17)18-8-9-19(31)24-21(18)32/h4,6-7,13,17-18,30H,1-3,5,8-12H2,(H,24,31,32). The van der Waals surface area contributed by atoms with Gasteiger partial charge in [0.1, 0.15) is 6.04 Å². The number of aryl methyl sites for hydroxylation is 1. The van der Waals surface area contributed by atoms with Gasteiger partial charge in [-0.2, -0.15) is 4.68 Å². The molecule has 0 saturated carbocycles. The first-order valence-corrected chi connectivity index (χ1v) is 11.6. The number of benzene rings is 1. The molecule has 1 aromatic heterocycles. The summed E-state index contributed by atoms with van der Waals surface area (Å²) in [6, 6.07) is 3.86. The molecule has 2 atom stereocenters. The van der Waals surface area contributed by atoms with Crippen LogP contribution in [0.4, 0.5) is 10.5 Å². The number of unbranched alkanes of at least 4 members (excludes halogenated alkanes) is 2. The zero-order valence-electron chi connectivity index (χ0n) is 18.6. The molecule has 11 heteroatoms. The highest BCUT2D eigenvalue weighted by molar-refractivity contribution is 6.08. The molecule has 178 valence electrons. The van der Waals surface area contributed by atoms with Crippen LogP contribution in [0.2, 0.25) is 0 Å². The van der Waals surface area contributed by atoms with Gasteiger partial charge in [0.05, 0.1) is 23.6 Å². The molecular formula is C23H26N6O5. The number of carbonyl (C=O) groups excluding carboxylic acids is 4. The molecule has 2 unspecified atom stereocenters. The molecule has 34 heavy (non-hydrogen) atoms. The molecule has 5 rings (SSSR count). The quantitative estimate of drug-likeness (QED) is 0.481. The van der Waals surface area contributed by atoms with E-state index in [1.54, 1.807) is 34.2 Å². The van der Waals surface area contributed by atoms with Crippen molar-refractivity contribution in [2.45, 2.75) is 57.0 Å². The molecule has 0 aliphatic carbocycles. The maximum absolute atomic E-state index is 13.3. The lowest BCUT2D eigenvalue weighted by molar-refractivity contribution is -0.137. The summed E-state index contributed by atoms with van der Waals surface area (Å²) < 4.78 is 1.22. The molecule has 4 amide bonds. The van der Waals surface area contributed by atoms with Gasteiger partial charge in [-0.25, -0.2) is 4.79 Å². The fourth-order valence-corrected chi connectivity index (χ4v) is 5.13. The van der Waals surface area contributed by atoms with Crippen LogP contribution in [-0.4, -0.2) is 67.9 Å². The highest BCUT2D eigenvalue weighted by atomic mass is 16.3. The Labute approximate surface area is 195 Å². The number of aliphatic hydroxyl groups is 1. The number of nitrogens with one attached hydrogen (secondary N) is 1. The fourth-order valence-electron chi connectivity index (χ4n) is 5.13. The average Bonchev–Trinajstić information content (AvgIpc) is 3.41. The third-order valence-corrected chi connectivity index (χ3v) is 6.74. The Balaban J connectivity index is 1.38. The van der Waals surface area contributed by atoms with E-state index in [1.165, 1.54) is 4.68 Å². The number of piperidine rings is 1. The fraction of sp³-hybridized carbons (Fsp3) is 0.478. The Morgan fingerprint density at radius 2 is 1.97 bits per heavy atom. The van der Waals surface area contributed by atoms with E-state index in [1.807, 2.05) is 0 Å². The summed E-state index contributed by atoms with van der Waals surface area (Å²) in [5.41, 5.74) is 2.55. The molecule has 1 fully saturated rings. The van der Waals surface area contributed by atoms with Crippen LogP contribution in [0.3, 0.4) is 0 Å². The topological polar surface area (TPSA) is 138 Å². The van der Waals surface area contributed by atoms with Crippen molar-refractivity contribution in [3.05, 3.63) is 41.2 Å². The summed E-state index contributed by atoms with van der Waals surface area (Å²) in [6.45, 7) is 0.509. The molecule has 4 heterocycles. The highest BCUT2D eigenvalue weighted by Gasteiger charge is 2.48. The van der Waals surface area contributed by atoms with Crippen LogP contribution in [0.25, 0.3) is 0 Å². The summed E-state index contributed by atoms with van der Waals surface area (Å²) in [7, 11) is 0. The normalized spacial score (nSPS) is 21.6. The van der Waals surface area contributed by atoms with Crippen LogP contribution < -0.4 is 10.2 Å². The van der Waals surface area contributed by atoms with Crippen LogP contribution in [0, 0.1) is 0 Å². The van der Waals surface area contributed by atoms with E-state index < -0.39 is 11.9 Å². The molecule has 1 aromatic carbocycles. The van der Waals surface area contributed by atoms with Gasteiger partial charge in [-0.05, 0) is 44.2 Å². The highest BCUT2D eigenvalue weighted by Crippen LogP contribution is 2.46. The zero-order valence-corrected chi connectivity index (χ0v) is 18.6. The third-order valence-electron chi connectivity index (χ3n) is 6.74. The van der Waals surface area contributed by atoms with Crippen molar-refractivity contribution in [3.63, 3.8) is 0 Å². The van der Waals surface area contributed by atoms with Crippen LogP contribution in [-0.2, 0) is 16.0 Å². The number of amides is 4. The third kappa shape index (κ3) is 3.75. The minimum absolute atomic E-state index is 0.159. The van der Waals surface area contributed by atoms with Crippen molar-refractivity contribution in [1.82, 2.24) is 25.2 Å². The van der Waals surface area contributed by atoms with Crippen LogP contribution in [0.1, 0.15) is 66.2 Å². The molecule has 0 bridgehead atoms. The predicted molar refractivity (Wildman–Crippen MR) is 119 cm³/mol. The van der Waals surface area contributed by atoms with Crippen molar-refractivity contribution in [1.29, 1.82) is 0 Å². The molecule has 0 radical (unpaired) electrons. The predicted octanol–water partition coefficient (Wildman–Crippen LogP) is 1.16. The van der Waals surface area contributed by atoms with E-state index >= 15 is 0 Å². The maximum atomic E-state index is 13.3. The Morgan fingerprint density at radius 1 is 1.12 bits per heavy atom. The van der Waals surface area contributed by atoms with Crippen LogP contribution in [0.5, 0.6) is 0 Å². The lowest BCUT2D eigenvalue weighted by Gasteiger charge is -2.38. The number of hydrogen-bond acceptors (Lipinski definition) is 7. The first-order chi connectivity index (χ1) is 16.5. The second-order valence-corrected chi connectivity index (χ2v) is 8.85. The number of aromatic nitrogens is 3. The van der Waals surface area contributed by atoms with E-state index in [0.29, 0.717) is 42.8 Å². The number of hydrogen-bond donors (Lipinski definition) is 2. The van der Waals surface area contributed by atoms with E-state index in [-0.39, 0.29) is 36.9 Å². The van der Waals surface area contributed by atoms with Crippen molar-refractivity contribution in [2.75, 3.05) is 18.1 Å². The average molecular weight is 466 g/mol. The minimum Gasteiger partial charge on any atom is -0.396 e. The van der Waals surface area contributed by atoms with E-state index in [4.69, 9.17) is 5.11 Å². The molecular weight excluding hydrogens is 440 g/mol. The second-order valence-electron chi connectivity index (χ2n) is 8.85. The summed E-state index contributed by atoms with van der Waals surface area (Å²) in [4.78, 5) is 53.9. The van der Waals surface area contributed by atoms with Gasteiger partial charge >= 0.3 is 6.03 Å². The summed E-state index contributed by atoms with van der Waals surface area (Å²) in [5.74, 6) is -1.03. The first kappa shape index (κ1) is 22.2. The zero-order chi connectivity index (χ0) is 23.8. The van der Waals surface area contributed by atoms with Crippen LogP contribution in [0.15, 0.2) is 24.4 Å². The SMILES string of the molecule is O=C1CCC(N2C(=O)c3cccc4c3C2CCN4C(=O)n2cc(CCCCCO)nn2)C(=O)N1. The molecule has 11 nitrogen and oxygen atoms in total. The van der Waals surface area contributed by atoms with Crippen molar-refractivity contribution in [3.8, 4) is 0 Å². The lowest BCUT2D eigenvalue weighted by Crippen LogP contribution is -2.54. The smallest absolute Gasteiger partial charge is 0.350 e. The molecule has 3 aliphatic heterocycles. The molecule has 1 saturated heterocycles. The Kier molecular flexibility index (Phi) is 5.86. The number of rotatable bonds is 6. The van der Waals surface area contributed by atoms with Gasteiger partial charge in [0, 0.05) is 30.7 Å². The van der Waals surface area contributed by atoms with Crippen molar-refractivity contribution in [2.24, 2.45) is 0 Å². The molecule has 2 N–H and O–H groups in total. The van der Waals surface area contributed by atoms with E-state index in [0.717, 1.165) is 24.8 Å². The monoisotopic (exact) mass is 466 g/mol. The molecule has 3 aliphatic rings. The number of imide groups is 1. The van der Waals surface area contributed by atoms with Gasteiger partial charge in [-0.1, -0.05) is 17.7 Å². The van der Waals surface area contributed by atoms with E-state index in [9.17, 15) is 19.2 Å². The summed E-state index contributed by atoms with van der Waals surface area (Å²) in [5, 5.41) is 19.3. The van der Waals surface area contributed by atoms with Gasteiger partial charge < -0.3 is 10.0 Å². The maximum Gasteiger partial charge on any atom is 0.350 e. The molecule has 2 aromatic rings. The number of carbonyl (C=O) groups is 4. The Morgan fingerprint density at radius 3 is 2.76 bits per heavy atom. The minimum atomic E-state index is -0.707. The van der Waals surface area contributed by atoms with Gasteiger partial charge in [0.2, 0.25) is 11.8 Å². The van der Waals surface area contributed by atoms with Gasteiger partial charge in [0.15, 0.2) is 0 Å². The van der Waals surface area contributed by atoms with Gasteiger partial charge in [-0.15, -0.1) is 5.10 Å².